The van der Waals surface area contributed by atoms with Crippen molar-refractivity contribution in [1.29, 1.82) is 0 Å². The van der Waals surface area contributed by atoms with Crippen molar-refractivity contribution in [2.45, 2.75) is 10.8 Å². The van der Waals surface area contributed by atoms with Crippen LogP contribution in [0.15, 0.2) is 71.9 Å². The summed E-state index contributed by atoms with van der Waals surface area (Å²) in [6.45, 7) is 0. The van der Waals surface area contributed by atoms with E-state index in [4.69, 9.17) is 5.11 Å². The zero-order valence-electron chi connectivity index (χ0n) is 14.1. The van der Waals surface area contributed by atoms with Crippen molar-refractivity contribution in [2.75, 3.05) is 5.32 Å². The van der Waals surface area contributed by atoms with Crippen LogP contribution in [0.2, 0.25) is 0 Å². The van der Waals surface area contributed by atoms with Crippen molar-refractivity contribution in [3.63, 3.8) is 0 Å². The molecule has 0 aliphatic heterocycles. The first-order valence-electron chi connectivity index (χ1n) is 7.99. The Morgan fingerprint density at radius 2 is 1.81 bits per heavy atom. The maximum atomic E-state index is 12.9. The molecule has 0 aliphatic carbocycles. The zero-order valence-corrected chi connectivity index (χ0v) is 14.9. The molecule has 0 saturated heterocycles. The average Bonchev–Trinajstić information content (AvgIpc) is 2.68. The van der Waals surface area contributed by atoms with E-state index < -0.39 is 5.97 Å². The average molecular weight is 382 g/mol. The van der Waals surface area contributed by atoms with Crippen LogP contribution >= 0.6 is 11.8 Å². The van der Waals surface area contributed by atoms with Crippen LogP contribution in [0.1, 0.15) is 26.3 Å². The van der Waals surface area contributed by atoms with Crippen LogP contribution < -0.4 is 5.32 Å². The summed E-state index contributed by atoms with van der Waals surface area (Å²) in [5.41, 5.74) is 2.00. The molecular weight excluding hydrogens is 367 g/mol. The number of carboxylic acids is 1. The lowest BCUT2D eigenvalue weighted by Crippen LogP contribution is -2.12. The highest BCUT2D eigenvalue weighted by Gasteiger charge is 2.08. The highest BCUT2D eigenvalue weighted by atomic mass is 32.2. The SMILES string of the molecule is O=C(O)c1cccc(CSc2ccc(C(=O)Nc3ccc(F)cc3)cn2)c1. The van der Waals surface area contributed by atoms with E-state index >= 15 is 0 Å². The van der Waals surface area contributed by atoms with Gasteiger partial charge in [-0.15, -0.1) is 11.8 Å². The summed E-state index contributed by atoms with van der Waals surface area (Å²) in [4.78, 5) is 27.4. The molecule has 0 radical (unpaired) electrons. The highest BCUT2D eigenvalue weighted by Crippen LogP contribution is 2.22. The largest absolute Gasteiger partial charge is 0.478 e. The van der Waals surface area contributed by atoms with Crippen LogP contribution in [0.5, 0.6) is 0 Å². The molecule has 0 fully saturated rings. The Morgan fingerprint density at radius 3 is 2.48 bits per heavy atom. The third-order valence-corrected chi connectivity index (χ3v) is 4.68. The maximum absolute atomic E-state index is 12.9. The van der Waals surface area contributed by atoms with E-state index in [2.05, 4.69) is 10.3 Å². The number of carbonyl (C=O) groups is 2. The van der Waals surface area contributed by atoms with Crippen molar-refractivity contribution in [1.82, 2.24) is 4.98 Å². The fourth-order valence-corrected chi connectivity index (χ4v) is 3.07. The van der Waals surface area contributed by atoms with Crippen molar-refractivity contribution < 1.29 is 19.1 Å². The number of carboxylic acid groups (broad SMARTS) is 1. The lowest BCUT2D eigenvalue weighted by molar-refractivity contribution is 0.0696. The van der Waals surface area contributed by atoms with Gasteiger partial charge in [0.15, 0.2) is 0 Å². The lowest BCUT2D eigenvalue weighted by atomic mass is 10.1. The van der Waals surface area contributed by atoms with Crippen molar-refractivity contribution >= 4 is 29.3 Å². The first-order valence-corrected chi connectivity index (χ1v) is 8.98. The summed E-state index contributed by atoms with van der Waals surface area (Å²) in [6.07, 6.45) is 1.47. The maximum Gasteiger partial charge on any atom is 0.335 e. The number of nitrogens with one attached hydrogen (secondary N) is 1. The number of anilines is 1. The first-order chi connectivity index (χ1) is 13.0. The van der Waals surface area contributed by atoms with E-state index in [0.717, 1.165) is 5.56 Å². The summed E-state index contributed by atoms with van der Waals surface area (Å²) < 4.78 is 12.9. The Kier molecular flexibility index (Phi) is 5.83. The van der Waals surface area contributed by atoms with E-state index in [9.17, 15) is 14.0 Å². The predicted octanol–water partition coefficient (Wildman–Crippen LogP) is 4.46. The molecule has 0 saturated carbocycles. The second-order valence-corrected chi connectivity index (χ2v) is 6.64. The molecule has 5 nitrogen and oxygen atoms in total. The number of pyridine rings is 1. The van der Waals surface area contributed by atoms with Crippen LogP contribution in [0.25, 0.3) is 0 Å². The number of aromatic carboxylic acids is 1. The van der Waals surface area contributed by atoms with Gasteiger partial charge in [-0.05, 0) is 54.1 Å². The van der Waals surface area contributed by atoms with E-state index in [1.165, 1.54) is 42.2 Å². The number of rotatable bonds is 6. The number of aromatic nitrogens is 1. The Morgan fingerprint density at radius 1 is 1.04 bits per heavy atom. The number of carbonyl (C=O) groups excluding carboxylic acids is 1. The molecule has 0 spiro atoms. The van der Waals surface area contributed by atoms with Crippen LogP contribution in [0.4, 0.5) is 10.1 Å². The van der Waals surface area contributed by atoms with Gasteiger partial charge in [0, 0.05) is 17.6 Å². The summed E-state index contributed by atoms with van der Waals surface area (Å²) >= 11 is 1.44. The summed E-state index contributed by atoms with van der Waals surface area (Å²) in [6, 6.07) is 15.6. The van der Waals surface area contributed by atoms with Crippen LogP contribution in [-0.2, 0) is 5.75 Å². The monoisotopic (exact) mass is 382 g/mol. The molecule has 1 heterocycles. The fraction of sp³-hybridized carbons (Fsp3) is 0.0500. The summed E-state index contributed by atoms with van der Waals surface area (Å²) in [5, 5.41) is 12.4. The molecule has 0 unspecified atom stereocenters. The molecule has 0 bridgehead atoms. The Bertz CT molecular complexity index is 960. The molecule has 0 atom stereocenters. The molecule has 3 aromatic rings. The smallest absolute Gasteiger partial charge is 0.335 e. The van der Waals surface area contributed by atoms with Gasteiger partial charge in [-0.2, -0.15) is 0 Å². The normalized spacial score (nSPS) is 10.4. The molecule has 3 rings (SSSR count). The minimum absolute atomic E-state index is 0.244. The number of amides is 1. The van der Waals surface area contributed by atoms with Crippen LogP contribution in [0.3, 0.4) is 0 Å². The van der Waals surface area contributed by atoms with Gasteiger partial charge in [-0.25, -0.2) is 14.2 Å². The summed E-state index contributed by atoms with van der Waals surface area (Å²) in [7, 11) is 0. The third-order valence-electron chi connectivity index (χ3n) is 3.66. The van der Waals surface area contributed by atoms with E-state index in [1.54, 1.807) is 30.3 Å². The van der Waals surface area contributed by atoms with Gasteiger partial charge in [-0.3, -0.25) is 4.79 Å². The van der Waals surface area contributed by atoms with E-state index in [-0.39, 0.29) is 17.3 Å². The van der Waals surface area contributed by atoms with Gasteiger partial charge in [0.05, 0.1) is 16.2 Å². The number of nitrogens with zero attached hydrogens (tertiary/aromatic N) is 1. The zero-order chi connectivity index (χ0) is 19.2. The van der Waals surface area contributed by atoms with Crippen molar-refractivity contribution in [3.8, 4) is 0 Å². The highest BCUT2D eigenvalue weighted by molar-refractivity contribution is 7.98. The summed E-state index contributed by atoms with van der Waals surface area (Å²) in [5.74, 6) is -1.10. The quantitative estimate of drug-likeness (QED) is 0.615. The number of hydrogen-bond acceptors (Lipinski definition) is 4. The molecular formula is C20H15FN2O3S. The Balaban J connectivity index is 1.59. The lowest BCUT2D eigenvalue weighted by Gasteiger charge is -2.06. The number of hydrogen-bond donors (Lipinski definition) is 2. The van der Waals surface area contributed by atoms with Gasteiger partial charge < -0.3 is 10.4 Å². The molecule has 1 amide bonds. The first kappa shape index (κ1) is 18.6. The van der Waals surface area contributed by atoms with Crippen molar-refractivity contribution in [3.05, 3.63) is 89.4 Å². The minimum atomic E-state index is -0.962. The van der Waals surface area contributed by atoms with Gasteiger partial charge in [0.1, 0.15) is 5.82 Å². The molecule has 1 aromatic heterocycles. The minimum Gasteiger partial charge on any atom is -0.478 e. The third kappa shape index (κ3) is 5.15. The fourth-order valence-electron chi connectivity index (χ4n) is 2.29. The molecule has 27 heavy (non-hydrogen) atoms. The topological polar surface area (TPSA) is 79.3 Å². The molecule has 0 aliphatic rings. The molecule has 7 heteroatoms. The van der Waals surface area contributed by atoms with Crippen molar-refractivity contribution in [2.24, 2.45) is 0 Å². The van der Waals surface area contributed by atoms with E-state index in [1.807, 2.05) is 6.07 Å². The van der Waals surface area contributed by atoms with Gasteiger partial charge >= 0.3 is 5.97 Å². The molecule has 2 aromatic carbocycles. The Hall–Kier alpha value is -3.19. The van der Waals surface area contributed by atoms with Crippen LogP contribution in [-0.4, -0.2) is 22.0 Å². The number of thioether (sulfide) groups is 1. The van der Waals surface area contributed by atoms with Crippen LogP contribution in [0, 0.1) is 5.82 Å². The molecule has 2 N–H and O–H groups in total. The van der Waals surface area contributed by atoms with Gasteiger partial charge in [-0.1, -0.05) is 12.1 Å². The van der Waals surface area contributed by atoms with E-state index in [0.29, 0.717) is 22.0 Å². The standard InChI is InChI=1S/C20H15FN2O3S/c21-16-5-7-17(8-6-16)23-19(24)15-4-9-18(22-11-15)27-12-13-2-1-3-14(10-13)20(25)26/h1-11H,12H2,(H,23,24)(H,25,26). The second kappa shape index (κ2) is 8.46. The van der Waals surface area contributed by atoms with Gasteiger partial charge in [0.2, 0.25) is 0 Å². The number of halogens is 1. The molecule has 136 valence electrons. The van der Waals surface area contributed by atoms with Gasteiger partial charge in [0.25, 0.3) is 5.91 Å². The number of benzene rings is 2. The second-order valence-electron chi connectivity index (χ2n) is 5.64. The predicted molar refractivity (Wildman–Crippen MR) is 102 cm³/mol. The Labute approximate surface area is 159 Å².